The zero-order valence-electron chi connectivity index (χ0n) is 20.6. The van der Waals surface area contributed by atoms with Gasteiger partial charge in [-0.3, -0.25) is 0 Å². The van der Waals surface area contributed by atoms with Gasteiger partial charge in [0, 0.05) is 10.8 Å². The molecule has 2 aromatic heterocycles. The van der Waals surface area contributed by atoms with Crippen LogP contribution in [0.3, 0.4) is 0 Å². The van der Waals surface area contributed by atoms with Crippen molar-refractivity contribution in [2.45, 2.75) is 9.79 Å². The first-order chi connectivity index (χ1) is 19.9. The lowest BCUT2D eigenvalue weighted by molar-refractivity contribution is 0.0680. The number of nitrogens with zero attached hydrogens (tertiary/aromatic N) is 2. The van der Waals surface area contributed by atoms with E-state index in [0.29, 0.717) is 33.0 Å². The minimum Gasteiger partial charge on any atom is -0.477 e. The summed E-state index contributed by atoms with van der Waals surface area (Å²) in [5.74, 6) is -2.75. The number of hydrogen-bond donors (Lipinski definition) is 2. The largest absolute Gasteiger partial charge is 0.477 e. The summed E-state index contributed by atoms with van der Waals surface area (Å²) in [6.45, 7) is 0. The summed E-state index contributed by atoms with van der Waals surface area (Å²) in [5.41, 5.74) is 0.849. The number of hydrogen-bond acceptors (Lipinski definition) is 10. The molecule has 0 spiro atoms. The van der Waals surface area contributed by atoms with E-state index in [1.54, 1.807) is 12.1 Å². The molecule has 0 amide bonds. The summed E-state index contributed by atoms with van der Waals surface area (Å²) in [6, 6.07) is 16.4. The molecule has 5 aromatic rings. The highest BCUT2D eigenvalue weighted by Gasteiger charge is 2.21. The van der Waals surface area contributed by atoms with Crippen molar-refractivity contribution >= 4 is 77.7 Å². The smallest absolute Gasteiger partial charge is 0.354 e. The maximum absolute atomic E-state index is 12.0. The second-order valence-electron chi connectivity index (χ2n) is 8.66. The Kier molecular flexibility index (Phi) is 7.61. The molecular weight excluding hydrogens is 635 g/mol. The molecule has 0 fully saturated rings. The fraction of sp³-hybridized carbons (Fsp3) is 0. The van der Waals surface area contributed by atoms with Crippen LogP contribution in [0.1, 0.15) is 21.0 Å². The van der Waals surface area contributed by atoms with Gasteiger partial charge in [-0.05, 0) is 58.7 Å². The van der Waals surface area contributed by atoms with Gasteiger partial charge in [0.05, 0.1) is 44.6 Å². The van der Waals surface area contributed by atoms with E-state index in [1.165, 1.54) is 60.7 Å². The normalized spacial score (nSPS) is 12.0. The lowest BCUT2D eigenvalue weighted by atomic mass is 9.95. The van der Waals surface area contributed by atoms with Gasteiger partial charge >= 0.3 is 32.2 Å². The number of aromatic nitrogens is 2. The highest BCUT2D eigenvalue weighted by molar-refractivity contribution is 7.87. The topological polar surface area (TPSA) is 187 Å². The highest BCUT2D eigenvalue weighted by atomic mass is 35.5. The molecule has 2 heterocycles. The monoisotopic (exact) mass is 648 g/mol. The third-order valence-electron chi connectivity index (χ3n) is 6.27. The van der Waals surface area contributed by atoms with Crippen molar-refractivity contribution in [3.05, 3.63) is 84.2 Å². The Labute approximate surface area is 247 Å². The fourth-order valence-corrected chi connectivity index (χ4v) is 5.87. The Balaban J connectivity index is 1.80. The summed E-state index contributed by atoms with van der Waals surface area (Å²) in [7, 11) is -8.40. The summed E-state index contributed by atoms with van der Waals surface area (Å²) >= 11 is 10.1. The number of fused-ring (bicyclic) bond motifs is 3. The Morgan fingerprint density at radius 3 is 1.21 bits per heavy atom. The molecule has 16 heteroatoms. The van der Waals surface area contributed by atoms with Gasteiger partial charge in [-0.1, -0.05) is 36.4 Å². The third-order valence-corrected chi connectivity index (χ3v) is 9.30. The first-order valence-electron chi connectivity index (χ1n) is 11.4. The van der Waals surface area contributed by atoms with Crippen molar-refractivity contribution < 1.29 is 44.1 Å². The molecule has 0 atom stereocenters. The predicted octanol–water partition coefficient (Wildman–Crippen LogP) is 5.23. The number of aromatic carboxylic acids is 2. The zero-order valence-corrected chi connectivity index (χ0v) is 23.7. The molecule has 12 nitrogen and oxygen atoms in total. The fourth-order valence-electron chi connectivity index (χ4n) is 4.35. The van der Waals surface area contributed by atoms with Crippen LogP contribution < -0.4 is 0 Å². The Hall–Kier alpha value is -4.18. The number of benzene rings is 3. The number of rotatable bonds is 8. The molecule has 42 heavy (non-hydrogen) atoms. The Morgan fingerprint density at radius 1 is 0.595 bits per heavy atom. The van der Waals surface area contributed by atoms with E-state index in [9.17, 15) is 36.6 Å². The minimum absolute atomic E-state index is 0.0577. The molecule has 0 aliphatic carbocycles. The van der Waals surface area contributed by atoms with E-state index >= 15 is 0 Å². The van der Waals surface area contributed by atoms with Gasteiger partial charge in [0.1, 0.15) is 11.4 Å². The first kappa shape index (κ1) is 29.3. The van der Waals surface area contributed by atoms with E-state index in [4.69, 9.17) is 23.7 Å². The third kappa shape index (κ3) is 5.27. The van der Waals surface area contributed by atoms with Crippen LogP contribution in [-0.4, -0.2) is 49.0 Å². The van der Waals surface area contributed by atoms with Crippen molar-refractivity contribution in [2.75, 3.05) is 0 Å². The molecule has 0 radical (unpaired) electrons. The van der Waals surface area contributed by atoms with Gasteiger partial charge in [-0.2, -0.15) is 24.3 Å². The number of carboxylic acids is 2. The van der Waals surface area contributed by atoms with Crippen LogP contribution in [0.2, 0.25) is 0 Å². The Morgan fingerprint density at radius 2 is 0.929 bits per heavy atom. The maximum Gasteiger partial charge on any atom is 0.354 e. The van der Waals surface area contributed by atoms with Gasteiger partial charge in [-0.25, -0.2) is 19.6 Å². The van der Waals surface area contributed by atoms with Crippen molar-refractivity contribution in [2.24, 2.45) is 0 Å². The predicted molar refractivity (Wildman–Crippen MR) is 150 cm³/mol. The van der Waals surface area contributed by atoms with Gasteiger partial charge in [0.2, 0.25) is 0 Å². The quantitative estimate of drug-likeness (QED) is 0.209. The molecule has 2 N–H and O–H groups in total. The molecule has 214 valence electrons. The number of carbonyl (C=O) groups is 2. The zero-order chi connectivity index (χ0) is 30.4. The molecular formula is C26H14Cl2N2O10S2. The number of carboxylic acid groups (broad SMARTS) is 2. The van der Waals surface area contributed by atoms with Gasteiger partial charge in [0.25, 0.3) is 0 Å². The second kappa shape index (κ2) is 10.9. The molecule has 0 aliphatic rings. The van der Waals surface area contributed by atoms with Crippen LogP contribution in [0.15, 0.2) is 82.6 Å². The number of halogens is 2. The summed E-state index contributed by atoms with van der Waals surface area (Å²) in [4.78, 5) is 32.1. The summed E-state index contributed by atoms with van der Waals surface area (Å²) in [6.07, 6.45) is 0. The van der Waals surface area contributed by atoms with E-state index < -0.39 is 32.2 Å². The lowest BCUT2D eigenvalue weighted by Gasteiger charge is -2.14. The molecule has 0 saturated carbocycles. The van der Waals surface area contributed by atoms with Crippen LogP contribution in [0.25, 0.3) is 44.1 Å². The lowest BCUT2D eigenvalue weighted by Crippen LogP contribution is -2.05. The van der Waals surface area contributed by atoms with Gasteiger partial charge < -0.3 is 10.2 Å². The van der Waals surface area contributed by atoms with Crippen molar-refractivity contribution in [3.63, 3.8) is 0 Å². The van der Waals surface area contributed by atoms with Crippen LogP contribution in [0.4, 0.5) is 0 Å². The van der Waals surface area contributed by atoms with Gasteiger partial charge in [-0.15, -0.1) is 0 Å². The molecule has 0 bridgehead atoms. The molecule has 0 aliphatic heterocycles. The van der Waals surface area contributed by atoms with Crippen LogP contribution >= 0.6 is 23.7 Å². The van der Waals surface area contributed by atoms with Gasteiger partial charge in [0.15, 0.2) is 0 Å². The second-order valence-corrected chi connectivity index (χ2v) is 12.4. The van der Waals surface area contributed by atoms with Crippen LogP contribution in [-0.2, 0) is 27.7 Å². The minimum atomic E-state index is -4.20. The van der Waals surface area contributed by atoms with E-state index in [2.05, 4.69) is 17.4 Å². The first-order valence-corrected chi connectivity index (χ1v) is 14.9. The molecule has 0 unspecified atom stereocenters. The van der Waals surface area contributed by atoms with Crippen molar-refractivity contribution in [1.82, 2.24) is 9.97 Å². The van der Waals surface area contributed by atoms with E-state index in [-0.39, 0.29) is 32.2 Å². The summed E-state index contributed by atoms with van der Waals surface area (Å²) < 4.78 is 55.7. The highest BCUT2D eigenvalue weighted by Crippen LogP contribution is 2.37. The molecule has 0 saturated heterocycles. The average molecular weight is 649 g/mol. The van der Waals surface area contributed by atoms with Crippen molar-refractivity contribution in [3.8, 4) is 22.3 Å². The standard InChI is InChI=1S/C26H14Cl2N2O10S2/c27-39-41(35,36)15-5-1-13(2-6-15)19-11-21(25(31)32)29-23-17(19)9-10-18-20(12-22(26(33)34)30-24(18)23)14-3-7-16(8-4-14)42(37,38)40-28/h1-12H,(H,31,32)(H,33,34). The van der Waals surface area contributed by atoms with Crippen molar-refractivity contribution in [1.29, 1.82) is 0 Å². The Bertz CT molecular complexity index is 1980. The molecule has 3 aromatic carbocycles. The SMILES string of the molecule is O=C(O)c1cc(-c2ccc(S(=O)(=O)OCl)cc2)c2ccc3c(-c4ccc(S(=O)(=O)OCl)cc4)cc(C(=O)O)nc3c2n1. The molecule has 5 rings (SSSR count). The van der Waals surface area contributed by atoms with Crippen LogP contribution in [0, 0.1) is 0 Å². The average Bonchev–Trinajstić information content (AvgIpc) is 2.99. The maximum atomic E-state index is 12.0. The van der Waals surface area contributed by atoms with E-state index in [0.717, 1.165) is 0 Å². The van der Waals surface area contributed by atoms with E-state index in [1.807, 2.05) is 0 Å². The number of pyridine rings is 2. The van der Waals surface area contributed by atoms with Crippen LogP contribution in [0.5, 0.6) is 0 Å². The summed E-state index contributed by atoms with van der Waals surface area (Å²) in [5, 5.41) is 20.4.